The zero-order valence-corrected chi connectivity index (χ0v) is 11.1. The maximum Gasteiger partial charge on any atom is 0.273 e. The Labute approximate surface area is 107 Å². The molecule has 1 aromatic heterocycles. The van der Waals surface area contributed by atoms with Crippen LogP contribution in [0.3, 0.4) is 0 Å². The van der Waals surface area contributed by atoms with Crippen LogP contribution in [-0.2, 0) is 11.8 Å². The molecule has 0 radical (unpaired) electrons. The lowest BCUT2D eigenvalue weighted by Crippen LogP contribution is -2.34. The SMILES string of the molecule is COCCN(C)CCNC(=O)c1nn(C)cc1N. The number of carbonyl (C=O) groups excluding carboxylic acids is 1. The van der Waals surface area contributed by atoms with Gasteiger partial charge in [-0.15, -0.1) is 0 Å². The molecular weight excluding hydrogens is 234 g/mol. The Morgan fingerprint density at radius 1 is 1.61 bits per heavy atom. The topological polar surface area (TPSA) is 85.4 Å². The van der Waals surface area contributed by atoms with Gasteiger partial charge in [-0.05, 0) is 7.05 Å². The van der Waals surface area contributed by atoms with E-state index in [9.17, 15) is 4.79 Å². The van der Waals surface area contributed by atoms with Crippen molar-refractivity contribution in [1.82, 2.24) is 20.0 Å². The second-order valence-corrected chi connectivity index (χ2v) is 4.16. The minimum Gasteiger partial charge on any atom is -0.396 e. The molecule has 0 bridgehead atoms. The van der Waals surface area contributed by atoms with E-state index in [0.717, 1.165) is 13.1 Å². The van der Waals surface area contributed by atoms with Crippen molar-refractivity contribution in [1.29, 1.82) is 0 Å². The fourth-order valence-corrected chi connectivity index (χ4v) is 1.49. The number of methoxy groups -OCH3 is 1. The lowest BCUT2D eigenvalue weighted by Gasteiger charge is -2.15. The van der Waals surface area contributed by atoms with Gasteiger partial charge < -0.3 is 20.7 Å². The largest absolute Gasteiger partial charge is 0.396 e. The number of hydrogen-bond acceptors (Lipinski definition) is 5. The quantitative estimate of drug-likeness (QED) is 0.673. The van der Waals surface area contributed by atoms with Crippen LogP contribution in [0.25, 0.3) is 0 Å². The number of nitrogens with one attached hydrogen (secondary N) is 1. The minimum absolute atomic E-state index is 0.242. The van der Waals surface area contributed by atoms with Crippen LogP contribution in [0.4, 0.5) is 5.69 Å². The van der Waals surface area contributed by atoms with Crippen molar-refractivity contribution in [3.05, 3.63) is 11.9 Å². The first-order chi connectivity index (χ1) is 8.54. The number of nitrogen functional groups attached to an aromatic ring is 1. The lowest BCUT2D eigenvalue weighted by molar-refractivity contribution is 0.0942. The Hall–Kier alpha value is -1.60. The van der Waals surface area contributed by atoms with Gasteiger partial charge in [0.15, 0.2) is 5.69 Å². The Balaban J connectivity index is 2.31. The average Bonchev–Trinajstić information content (AvgIpc) is 2.65. The molecule has 18 heavy (non-hydrogen) atoms. The number of nitrogens with zero attached hydrogens (tertiary/aromatic N) is 3. The van der Waals surface area contributed by atoms with Crippen molar-refractivity contribution in [2.75, 3.05) is 46.1 Å². The van der Waals surface area contributed by atoms with Crippen molar-refractivity contribution < 1.29 is 9.53 Å². The van der Waals surface area contributed by atoms with Crippen LogP contribution in [0.1, 0.15) is 10.5 Å². The predicted octanol–water partition coefficient (Wildman–Crippen LogP) is -0.690. The summed E-state index contributed by atoms with van der Waals surface area (Å²) in [6.07, 6.45) is 1.61. The van der Waals surface area contributed by atoms with Gasteiger partial charge in [0.05, 0.1) is 12.3 Å². The number of hydrogen-bond donors (Lipinski definition) is 2. The molecule has 7 nitrogen and oxygen atoms in total. The summed E-state index contributed by atoms with van der Waals surface area (Å²) in [5.41, 5.74) is 6.33. The van der Waals surface area contributed by atoms with E-state index in [1.807, 2.05) is 7.05 Å². The molecule has 0 aromatic carbocycles. The van der Waals surface area contributed by atoms with Gasteiger partial charge in [0, 0.05) is 40.0 Å². The van der Waals surface area contributed by atoms with Crippen molar-refractivity contribution in [3.8, 4) is 0 Å². The maximum atomic E-state index is 11.8. The summed E-state index contributed by atoms with van der Waals surface area (Å²) in [6, 6.07) is 0. The van der Waals surface area contributed by atoms with Crippen LogP contribution in [-0.4, -0.2) is 61.0 Å². The molecule has 0 aliphatic heterocycles. The Morgan fingerprint density at radius 2 is 2.33 bits per heavy atom. The summed E-state index contributed by atoms with van der Waals surface area (Å²) < 4.78 is 6.49. The van der Waals surface area contributed by atoms with Gasteiger partial charge in [-0.3, -0.25) is 9.48 Å². The van der Waals surface area contributed by atoms with E-state index in [-0.39, 0.29) is 11.6 Å². The molecule has 1 heterocycles. The summed E-state index contributed by atoms with van der Waals surface area (Å²) in [5.74, 6) is -0.242. The van der Waals surface area contributed by atoms with Gasteiger partial charge in [-0.2, -0.15) is 5.10 Å². The van der Waals surface area contributed by atoms with Gasteiger partial charge in [0.2, 0.25) is 0 Å². The number of nitrogens with two attached hydrogens (primary N) is 1. The normalized spacial score (nSPS) is 10.9. The van der Waals surface area contributed by atoms with Crippen LogP contribution >= 0.6 is 0 Å². The molecule has 0 aliphatic carbocycles. The molecule has 0 spiro atoms. The maximum absolute atomic E-state index is 11.8. The van der Waals surface area contributed by atoms with Gasteiger partial charge in [0.1, 0.15) is 0 Å². The van der Waals surface area contributed by atoms with Crippen molar-refractivity contribution >= 4 is 11.6 Å². The molecule has 1 amide bonds. The van der Waals surface area contributed by atoms with E-state index < -0.39 is 0 Å². The molecule has 1 aromatic rings. The second kappa shape index (κ2) is 6.97. The molecule has 0 saturated heterocycles. The number of aryl methyl sites for hydroxylation is 1. The Bertz CT molecular complexity index is 391. The van der Waals surface area contributed by atoms with Crippen LogP contribution in [0.2, 0.25) is 0 Å². The highest BCUT2D eigenvalue weighted by molar-refractivity contribution is 5.96. The highest BCUT2D eigenvalue weighted by Gasteiger charge is 2.13. The summed E-state index contributed by atoms with van der Waals surface area (Å²) in [6.45, 7) is 2.81. The second-order valence-electron chi connectivity index (χ2n) is 4.16. The van der Waals surface area contributed by atoms with Gasteiger partial charge in [-0.25, -0.2) is 0 Å². The smallest absolute Gasteiger partial charge is 0.273 e. The molecule has 102 valence electrons. The zero-order valence-electron chi connectivity index (χ0n) is 11.1. The van der Waals surface area contributed by atoms with Crippen LogP contribution in [0.15, 0.2) is 6.20 Å². The Morgan fingerprint density at radius 3 is 2.89 bits per heavy atom. The molecule has 0 fully saturated rings. The average molecular weight is 255 g/mol. The molecule has 0 unspecified atom stereocenters. The molecule has 0 saturated carbocycles. The standard InChI is InChI=1S/C11H21N5O2/c1-15(6-7-18-3)5-4-13-11(17)10-9(12)8-16(2)14-10/h8H,4-7,12H2,1-3H3,(H,13,17). The molecule has 3 N–H and O–H groups in total. The Kier molecular flexibility index (Phi) is 5.60. The highest BCUT2D eigenvalue weighted by Crippen LogP contribution is 2.06. The summed E-state index contributed by atoms with van der Waals surface area (Å²) in [4.78, 5) is 13.8. The highest BCUT2D eigenvalue weighted by atomic mass is 16.5. The molecule has 7 heteroatoms. The van der Waals surface area contributed by atoms with E-state index in [1.54, 1.807) is 20.4 Å². The first-order valence-corrected chi connectivity index (χ1v) is 5.79. The van der Waals surface area contributed by atoms with Gasteiger partial charge >= 0.3 is 0 Å². The first kappa shape index (κ1) is 14.5. The third kappa shape index (κ3) is 4.34. The summed E-state index contributed by atoms with van der Waals surface area (Å²) in [5, 5.41) is 6.79. The van der Waals surface area contributed by atoms with Gasteiger partial charge in [0.25, 0.3) is 5.91 Å². The first-order valence-electron chi connectivity index (χ1n) is 5.79. The fourth-order valence-electron chi connectivity index (χ4n) is 1.49. The number of carbonyl (C=O) groups is 1. The number of rotatable bonds is 7. The van der Waals surface area contributed by atoms with Crippen molar-refractivity contribution in [2.45, 2.75) is 0 Å². The van der Waals surface area contributed by atoms with E-state index >= 15 is 0 Å². The van der Waals surface area contributed by atoms with Crippen LogP contribution in [0, 0.1) is 0 Å². The zero-order chi connectivity index (χ0) is 13.5. The van der Waals surface area contributed by atoms with Crippen LogP contribution in [0.5, 0.6) is 0 Å². The molecule has 0 aliphatic rings. The van der Waals surface area contributed by atoms with E-state index in [2.05, 4.69) is 15.3 Å². The van der Waals surface area contributed by atoms with E-state index in [0.29, 0.717) is 18.8 Å². The number of anilines is 1. The van der Waals surface area contributed by atoms with E-state index in [1.165, 1.54) is 4.68 Å². The summed E-state index contributed by atoms with van der Waals surface area (Å²) in [7, 11) is 5.37. The molecular formula is C11H21N5O2. The monoisotopic (exact) mass is 255 g/mol. The fraction of sp³-hybridized carbons (Fsp3) is 0.636. The third-order valence-corrected chi connectivity index (χ3v) is 2.53. The van der Waals surface area contributed by atoms with E-state index in [4.69, 9.17) is 10.5 Å². The third-order valence-electron chi connectivity index (χ3n) is 2.53. The molecule has 1 rings (SSSR count). The predicted molar refractivity (Wildman–Crippen MR) is 69.3 cm³/mol. The summed E-state index contributed by atoms with van der Waals surface area (Å²) >= 11 is 0. The minimum atomic E-state index is -0.242. The van der Waals surface area contributed by atoms with Crippen LogP contribution < -0.4 is 11.1 Å². The molecule has 0 atom stereocenters. The lowest BCUT2D eigenvalue weighted by atomic mass is 10.3. The van der Waals surface area contributed by atoms with Crippen molar-refractivity contribution in [2.24, 2.45) is 7.05 Å². The van der Waals surface area contributed by atoms with Crippen molar-refractivity contribution in [3.63, 3.8) is 0 Å². The van der Waals surface area contributed by atoms with Gasteiger partial charge in [-0.1, -0.05) is 0 Å². The number of likely N-dealkylation sites (N-methyl/N-ethyl adjacent to an activating group) is 1. The number of aromatic nitrogens is 2. The number of ether oxygens (including phenoxy) is 1. The number of amides is 1.